The van der Waals surface area contributed by atoms with Crippen LogP contribution >= 0.6 is 0 Å². The first-order valence-electron chi connectivity index (χ1n) is 7.03. The normalized spacial score (nSPS) is 22.7. The minimum absolute atomic E-state index is 0.106. The van der Waals surface area contributed by atoms with Gasteiger partial charge in [-0.05, 0) is 44.7 Å². The second-order valence-corrected chi connectivity index (χ2v) is 5.69. The second-order valence-electron chi connectivity index (χ2n) is 5.69. The van der Waals surface area contributed by atoms with Gasteiger partial charge in [-0.1, -0.05) is 6.07 Å². The maximum atomic E-state index is 12.6. The zero-order valence-electron chi connectivity index (χ0n) is 11.7. The lowest BCUT2D eigenvalue weighted by Gasteiger charge is -2.29. The number of nitrogens with two attached hydrogens (primary N) is 1. The molecule has 4 nitrogen and oxygen atoms in total. The molecule has 104 valence electrons. The maximum Gasteiger partial charge on any atom is 0.226 e. The van der Waals surface area contributed by atoms with Gasteiger partial charge >= 0.3 is 0 Å². The van der Waals surface area contributed by atoms with Crippen LogP contribution in [0.5, 0.6) is 0 Å². The maximum absolute atomic E-state index is 12.6. The number of hydrogen-bond donors (Lipinski definition) is 1. The molecule has 0 radical (unpaired) electrons. The number of hydrogen-bond acceptors (Lipinski definition) is 3. The van der Waals surface area contributed by atoms with E-state index in [4.69, 9.17) is 5.73 Å². The molecule has 19 heavy (non-hydrogen) atoms. The van der Waals surface area contributed by atoms with E-state index in [1.807, 2.05) is 23.2 Å². The molecule has 1 heterocycles. The van der Waals surface area contributed by atoms with Crippen molar-refractivity contribution in [3.05, 3.63) is 30.1 Å². The molecule has 0 bridgehead atoms. The molecule has 1 aromatic heterocycles. The van der Waals surface area contributed by atoms with Gasteiger partial charge in [0.15, 0.2) is 0 Å². The minimum Gasteiger partial charge on any atom is -0.336 e. The predicted octanol–water partition coefficient (Wildman–Crippen LogP) is 1.95. The van der Waals surface area contributed by atoms with E-state index in [0.717, 1.165) is 24.8 Å². The van der Waals surface area contributed by atoms with Crippen molar-refractivity contribution in [2.24, 2.45) is 11.7 Å². The van der Waals surface area contributed by atoms with Crippen molar-refractivity contribution in [1.29, 1.82) is 0 Å². The number of aromatic nitrogens is 1. The van der Waals surface area contributed by atoms with Crippen LogP contribution in [-0.4, -0.2) is 27.9 Å². The van der Waals surface area contributed by atoms with Crippen LogP contribution in [-0.2, 0) is 11.3 Å². The Morgan fingerprint density at radius 3 is 2.84 bits per heavy atom. The lowest BCUT2D eigenvalue weighted by molar-refractivity contribution is -0.137. The molecule has 2 atom stereocenters. The first kappa shape index (κ1) is 14.0. The fourth-order valence-corrected chi connectivity index (χ4v) is 2.68. The van der Waals surface area contributed by atoms with Crippen LogP contribution in [0, 0.1) is 5.92 Å². The highest BCUT2D eigenvalue weighted by Crippen LogP contribution is 2.27. The van der Waals surface area contributed by atoms with Gasteiger partial charge in [-0.25, -0.2) is 0 Å². The second kappa shape index (κ2) is 6.15. The van der Waals surface area contributed by atoms with E-state index in [1.165, 1.54) is 0 Å². The largest absolute Gasteiger partial charge is 0.336 e. The number of rotatable bonds is 4. The summed E-state index contributed by atoms with van der Waals surface area (Å²) in [4.78, 5) is 18.6. The lowest BCUT2D eigenvalue weighted by atomic mass is 10.0. The highest BCUT2D eigenvalue weighted by Gasteiger charge is 2.31. The molecule has 1 aliphatic rings. The summed E-state index contributed by atoms with van der Waals surface area (Å²) in [5, 5.41) is 0. The summed E-state index contributed by atoms with van der Waals surface area (Å²) in [6.45, 7) is 4.75. The molecule has 0 spiro atoms. The first-order chi connectivity index (χ1) is 9.08. The standard InChI is InChI=1S/C15H23N3O/c1-11(2)18(10-12-4-3-7-17-9-12)15(19)13-5-6-14(16)8-13/h3-4,7,9,11,13-14H,5-6,8,10,16H2,1-2H3. The SMILES string of the molecule is CC(C)N(Cc1cccnc1)C(=O)C1CCC(N)C1. The minimum atomic E-state index is 0.106. The molecule has 1 fully saturated rings. The van der Waals surface area contributed by atoms with E-state index >= 15 is 0 Å². The van der Waals surface area contributed by atoms with Crippen LogP contribution in [0.1, 0.15) is 38.7 Å². The third-order valence-corrected chi connectivity index (χ3v) is 3.80. The smallest absolute Gasteiger partial charge is 0.226 e. The van der Waals surface area contributed by atoms with Crippen molar-refractivity contribution in [1.82, 2.24) is 9.88 Å². The van der Waals surface area contributed by atoms with Crippen LogP contribution in [0.15, 0.2) is 24.5 Å². The van der Waals surface area contributed by atoms with Gasteiger partial charge in [-0.3, -0.25) is 9.78 Å². The van der Waals surface area contributed by atoms with E-state index in [1.54, 1.807) is 6.20 Å². The highest BCUT2D eigenvalue weighted by molar-refractivity contribution is 5.79. The Balaban J connectivity index is 2.05. The summed E-state index contributed by atoms with van der Waals surface area (Å²) < 4.78 is 0. The van der Waals surface area contributed by atoms with Gasteiger partial charge in [0.05, 0.1) is 0 Å². The summed E-state index contributed by atoms with van der Waals surface area (Å²) in [6.07, 6.45) is 6.30. The Hall–Kier alpha value is -1.42. The van der Waals surface area contributed by atoms with Gasteiger partial charge in [-0.2, -0.15) is 0 Å². The predicted molar refractivity (Wildman–Crippen MR) is 75.2 cm³/mol. The number of amides is 1. The van der Waals surface area contributed by atoms with Crippen molar-refractivity contribution in [3.8, 4) is 0 Å². The van der Waals surface area contributed by atoms with Crippen LogP contribution in [0.2, 0.25) is 0 Å². The van der Waals surface area contributed by atoms with Crippen molar-refractivity contribution < 1.29 is 4.79 Å². The van der Waals surface area contributed by atoms with Gasteiger partial charge in [0, 0.05) is 36.9 Å². The van der Waals surface area contributed by atoms with Crippen LogP contribution in [0.4, 0.5) is 0 Å². The lowest BCUT2D eigenvalue weighted by Crippen LogP contribution is -2.40. The average molecular weight is 261 g/mol. The molecule has 1 saturated carbocycles. The van der Waals surface area contributed by atoms with Gasteiger partial charge in [0.2, 0.25) is 5.91 Å². The van der Waals surface area contributed by atoms with Gasteiger partial charge in [-0.15, -0.1) is 0 Å². The monoisotopic (exact) mass is 261 g/mol. The summed E-state index contributed by atoms with van der Waals surface area (Å²) in [6, 6.07) is 4.31. The van der Waals surface area contributed by atoms with Crippen LogP contribution in [0.3, 0.4) is 0 Å². The number of pyridine rings is 1. The Morgan fingerprint density at radius 2 is 2.32 bits per heavy atom. The summed E-state index contributed by atoms with van der Waals surface area (Å²) in [7, 11) is 0. The van der Waals surface area contributed by atoms with E-state index in [2.05, 4.69) is 18.8 Å². The third kappa shape index (κ3) is 3.53. The van der Waals surface area contributed by atoms with Crippen LogP contribution < -0.4 is 5.73 Å². The molecular weight excluding hydrogens is 238 g/mol. The van der Waals surface area contributed by atoms with Crippen molar-refractivity contribution in [2.75, 3.05) is 0 Å². The fourth-order valence-electron chi connectivity index (χ4n) is 2.68. The van der Waals surface area contributed by atoms with E-state index in [9.17, 15) is 4.79 Å². The first-order valence-corrected chi connectivity index (χ1v) is 7.03. The van der Waals surface area contributed by atoms with E-state index < -0.39 is 0 Å². The molecule has 0 aromatic carbocycles. The molecule has 1 amide bonds. The van der Waals surface area contributed by atoms with Gasteiger partial charge in [0.25, 0.3) is 0 Å². The summed E-state index contributed by atoms with van der Waals surface area (Å²) in [5.74, 6) is 0.348. The van der Waals surface area contributed by atoms with Gasteiger partial charge < -0.3 is 10.6 Å². The quantitative estimate of drug-likeness (QED) is 0.901. The molecule has 0 aliphatic heterocycles. The third-order valence-electron chi connectivity index (χ3n) is 3.80. The number of carbonyl (C=O) groups excluding carboxylic acids is 1. The van der Waals surface area contributed by atoms with Crippen molar-refractivity contribution in [3.63, 3.8) is 0 Å². The Morgan fingerprint density at radius 1 is 1.53 bits per heavy atom. The Bertz CT molecular complexity index is 419. The molecule has 1 aliphatic carbocycles. The molecule has 2 N–H and O–H groups in total. The summed E-state index contributed by atoms with van der Waals surface area (Å²) >= 11 is 0. The highest BCUT2D eigenvalue weighted by atomic mass is 16.2. The van der Waals surface area contributed by atoms with Crippen LogP contribution in [0.25, 0.3) is 0 Å². The Labute approximate surface area is 115 Å². The fraction of sp³-hybridized carbons (Fsp3) is 0.600. The number of carbonyl (C=O) groups is 1. The molecular formula is C15H23N3O. The van der Waals surface area contributed by atoms with Crippen molar-refractivity contribution >= 4 is 5.91 Å². The zero-order valence-corrected chi connectivity index (χ0v) is 11.7. The molecule has 1 aromatic rings. The van der Waals surface area contributed by atoms with E-state index in [-0.39, 0.29) is 23.9 Å². The molecule has 2 unspecified atom stereocenters. The number of nitrogens with zero attached hydrogens (tertiary/aromatic N) is 2. The average Bonchev–Trinajstić information content (AvgIpc) is 2.83. The summed E-state index contributed by atoms with van der Waals surface area (Å²) in [5.41, 5.74) is 6.99. The van der Waals surface area contributed by atoms with E-state index in [0.29, 0.717) is 6.54 Å². The molecule has 2 rings (SSSR count). The Kier molecular flexibility index (Phi) is 4.53. The zero-order chi connectivity index (χ0) is 13.8. The molecule has 0 saturated heterocycles. The topological polar surface area (TPSA) is 59.2 Å². The molecule has 4 heteroatoms. The van der Waals surface area contributed by atoms with Gasteiger partial charge in [0.1, 0.15) is 0 Å². The van der Waals surface area contributed by atoms with Crippen molar-refractivity contribution in [2.45, 2.75) is 51.7 Å².